The quantitative estimate of drug-likeness (QED) is 0.771. The van der Waals surface area contributed by atoms with Gasteiger partial charge in [0.2, 0.25) is 5.91 Å². The largest absolute Gasteiger partial charge is 0.482 e. The number of anilines is 2. The third-order valence-electron chi connectivity index (χ3n) is 3.73. The van der Waals surface area contributed by atoms with Gasteiger partial charge in [0.05, 0.1) is 5.69 Å². The van der Waals surface area contributed by atoms with Crippen LogP contribution < -0.4 is 21.1 Å². The molecule has 0 bridgehead atoms. The van der Waals surface area contributed by atoms with Gasteiger partial charge in [-0.2, -0.15) is 0 Å². The molecule has 2 atom stereocenters. The topological polar surface area (TPSA) is 93.5 Å². The van der Waals surface area contributed by atoms with Crippen LogP contribution in [0.1, 0.15) is 19.3 Å². The molecule has 1 aliphatic carbocycles. The lowest BCUT2D eigenvalue weighted by atomic mass is 10.1. The molecule has 0 saturated heterocycles. The Morgan fingerprint density at radius 3 is 2.90 bits per heavy atom. The number of amides is 2. The highest BCUT2D eigenvalue weighted by Gasteiger charge is 2.28. The molecular formula is C14H18ClN3O3. The predicted octanol–water partition coefficient (Wildman–Crippen LogP) is 1.51. The molecule has 0 aromatic heterocycles. The number of rotatable bonds is 2. The first kappa shape index (κ1) is 15.6. The van der Waals surface area contributed by atoms with Gasteiger partial charge in [0.1, 0.15) is 5.75 Å². The maximum atomic E-state index is 12.1. The first-order chi connectivity index (χ1) is 9.61. The summed E-state index contributed by atoms with van der Waals surface area (Å²) in [5, 5.41) is 5.59. The minimum Gasteiger partial charge on any atom is -0.482 e. The van der Waals surface area contributed by atoms with Gasteiger partial charge in [-0.25, -0.2) is 0 Å². The lowest BCUT2D eigenvalue weighted by molar-refractivity contribution is -0.120. The molecule has 6 nitrogen and oxygen atoms in total. The molecule has 1 saturated carbocycles. The molecule has 1 aromatic rings. The number of hydrogen-bond acceptors (Lipinski definition) is 4. The number of ether oxygens (including phenoxy) is 1. The van der Waals surface area contributed by atoms with Crippen LogP contribution >= 0.6 is 12.4 Å². The van der Waals surface area contributed by atoms with E-state index < -0.39 is 0 Å². The zero-order valence-corrected chi connectivity index (χ0v) is 12.2. The van der Waals surface area contributed by atoms with E-state index >= 15 is 0 Å². The highest BCUT2D eigenvalue weighted by molar-refractivity contribution is 5.97. The molecule has 0 radical (unpaired) electrons. The molecule has 3 rings (SSSR count). The van der Waals surface area contributed by atoms with E-state index in [0.717, 1.165) is 19.3 Å². The molecule has 1 aromatic carbocycles. The van der Waals surface area contributed by atoms with E-state index in [4.69, 9.17) is 10.5 Å². The maximum Gasteiger partial charge on any atom is 0.262 e. The van der Waals surface area contributed by atoms with Crippen molar-refractivity contribution in [1.29, 1.82) is 0 Å². The van der Waals surface area contributed by atoms with E-state index in [1.165, 1.54) is 0 Å². The van der Waals surface area contributed by atoms with Gasteiger partial charge in [-0.3, -0.25) is 9.59 Å². The van der Waals surface area contributed by atoms with E-state index in [-0.39, 0.29) is 42.8 Å². The monoisotopic (exact) mass is 311 g/mol. The number of benzene rings is 1. The van der Waals surface area contributed by atoms with Crippen LogP contribution in [-0.2, 0) is 9.59 Å². The van der Waals surface area contributed by atoms with Gasteiger partial charge in [-0.05, 0) is 31.4 Å². The van der Waals surface area contributed by atoms with E-state index in [1.807, 2.05) is 0 Å². The van der Waals surface area contributed by atoms with Gasteiger partial charge < -0.3 is 21.1 Å². The zero-order valence-electron chi connectivity index (χ0n) is 11.4. The van der Waals surface area contributed by atoms with Crippen molar-refractivity contribution >= 4 is 35.6 Å². The van der Waals surface area contributed by atoms with Crippen molar-refractivity contribution in [1.82, 2.24) is 0 Å². The van der Waals surface area contributed by atoms with Crippen molar-refractivity contribution in [2.24, 2.45) is 11.7 Å². The summed E-state index contributed by atoms with van der Waals surface area (Å²) >= 11 is 0. The molecule has 1 fully saturated rings. The summed E-state index contributed by atoms with van der Waals surface area (Å²) in [4.78, 5) is 23.3. The van der Waals surface area contributed by atoms with Crippen molar-refractivity contribution < 1.29 is 14.3 Å². The Balaban J connectivity index is 0.00000161. The Morgan fingerprint density at radius 2 is 2.19 bits per heavy atom. The minimum atomic E-state index is -0.172. The van der Waals surface area contributed by atoms with Crippen LogP contribution in [0.25, 0.3) is 0 Å². The van der Waals surface area contributed by atoms with Crippen molar-refractivity contribution in [3.05, 3.63) is 18.2 Å². The molecular weight excluding hydrogens is 294 g/mol. The second-order valence-corrected chi connectivity index (χ2v) is 5.31. The third kappa shape index (κ3) is 3.46. The number of carbonyl (C=O) groups is 2. The normalized spacial score (nSPS) is 23.4. The Bertz CT molecular complexity index is 564. The molecule has 1 aliphatic heterocycles. The molecule has 114 valence electrons. The van der Waals surface area contributed by atoms with Gasteiger partial charge in [0, 0.05) is 23.7 Å². The van der Waals surface area contributed by atoms with Crippen LogP contribution in [0.5, 0.6) is 5.75 Å². The smallest absolute Gasteiger partial charge is 0.262 e. The van der Waals surface area contributed by atoms with Crippen LogP contribution in [0.15, 0.2) is 18.2 Å². The molecule has 2 aliphatic rings. The fourth-order valence-electron chi connectivity index (χ4n) is 2.65. The van der Waals surface area contributed by atoms with Gasteiger partial charge in [-0.1, -0.05) is 0 Å². The molecule has 21 heavy (non-hydrogen) atoms. The summed E-state index contributed by atoms with van der Waals surface area (Å²) < 4.78 is 5.32. The number of nitrogens with two attached hydrogens (primary N) is 1. The van der Waals surface area contributed by atoms with Crippen LogP contribution in [0.4, 0.5) is 11.4 Å². The average molecular weight is 312 g/mol. The Hall–Kier alpha value is -1.79. The van der Waals surface area contributed by atoms with Crippen LogP contribution in [0, 0.1) is 5.92 Å². The van der Waals surface area contributed by atoms with Gasteiger partial charge in [0.15, 0.2) is 6.61 Å². The van der Waals surface area contributed by atoms with Crippen molar-refractivity contribution in [3.63, 3.8) is 0 Å². The van der Waals surface area contributed by atoms with E-state index in [1.54, 1.807) is 18.2 Å². The highest BCUT2D eigenvalue weighted by Crippen LogP contribution is 2.31. The second kappa shape index (κ2) is 6.32. The first-order valence-electron chi connectivity index (χ1n) is 6.75. The predicted molar refractivity (Wildman–Crippen MR) is 81.8 cm³/mol. The Morgan fingerprint density at radius 1 is 1.38 bits per heavy atom. The summed E-state index contributed by atoms with van der Waals surface area (Å²) in [6.07, 6.45) is 2.48. The lowest BCUT2D eigenvalue weighted by Gasteiger charge is -2.19. The fourth-order valence-corrected chi connectivity index (χ4v) is 2.65. The van der Waals surface area contributed by atoms with E-state index in [0.29, 0.717) is 17.1 Å². The van der Waals surface area contributed by atoms with Crippen LogP contribution in [0.2, 0.25) is 0 Å². The molecule has 4 N–H and O–H groups in total. The molecule has 2 unspecified atom stereocenters. The number of hydrogen-bond donors (Lipinski definition) is 3. The Kier molecular flexibility index (Phi) is 4.69. The summed E-state index contributed by atoms with van der Waals surface area (Å²) in [6, 6.07) is 5.33. The number of carbonyl (C=O) groups excluding carboxylic acids is 2. The molecule has 1 heterocycles. The number of nitrogens with one attached hydrogen (secondary N) is 2. The SMILES string of the molecule is Cl.NC1CCC(C(=O)Nc2ccc3c(c2)OCC(=O)N3)C1. The average Bonchev–Trinajstić information content (AvgIpc) is 2.86. The summed E-state index contributed by atoms with van der Waals surface area (Å²) in [6.45, 7) is 0.00186. The lowest BCUT2D eigenvalue weighted by Crippen LogP contribution is -2.26. The zero-order chi connectivity index (χ0) is 14.1. The Labute approximate surface area is 128 Å². The summed E-state index contributed by atoms with van der Waals surface area (Å²) in [7, 11) is 0. The molecule has 0 spiro atoms. The van der Waals surface area contributed by atoms with E-state index in [9.17, 15) is 9.59 Å². The number of halogens is 1. The van der Waals surface area contributed by atoms with E-state index in [2.05, 4.69) is 10.6 Å². The maximum absolute atomic E-state index is 12.1. The van der Waals surface area contributed by atoms with Crippen molar-refractivity contribution in [2.75, 3.05) is 17.2 Å². The van der Waals surface area contributed by atoms with Crippen molar-refractivity contribution in [2.45, 2.75) is 25.3 Å². The highest BCUT2D eigenvalue weighted by atomic mass is 35.5. The standard InChI is InChI=1S/C14H17N3O3.ClH/c15-9-2-1-8(5-9)14(19)16-10-3-4-11-12(6-10)20-7-13(18)17-11;/h3-4,6,8-9H,1-2,5,7,15H2,(H,16,19)(H,17,18);1H. The summed E-state index contributed by atoms with van der Waals surface area (Å²) in [5.41, 5.74) is 7.12. The first-order valence-corrected chi connectivity index (χ1v) is 6.75. The molecule has 7 heteroatoms. The third-order valence-corrected chi connectivity index (χ3v) is 3.73. The van der Waals surface area contributed by atoms with Gasteiger partial charge >= 0.3 is 0 Å². The van der Waals surface area contributed by atoms with Crippen molar-refractivity contribution in [3.8, 4) is 5.75 Å². The summed E-state index contributed by atoms with van der Waals surface area (Å²) in [5.74, 6) is 0.388. The molecule has 2 amide bonds. The second-order valence-electron chi connectivity index (χ2n) is 5.31. The van der Waals surface area contributed by atoms with Crippen LogP contribution in [0.3, 0.4) is 0 Å². The van der Waals surface area contributed by atoms with Gasteiger partial charge in [-0.15, -0.1) is 12.4 Å². The minimum absolute atomic E-state index is 0. The van der Waals surface area contributed by atoms with Crippen LogP contribution in [-0.4, -0.2) is 24.5 Å². The van der Waals surface area contributed by atoms with Gasteiger partial charge in [0.25, 0.3) is 5.91 Å². The fraction of sp³-hybridized carbons (Fsp3) is 0.429. The number of fused-ring (bicyclic) bond motifs is 1.